The zero-order valence-corrected chi connectivity index (χ0v) is 13.0. The van der Waals surface area contributed by atoms with Gasteiger partial charge in [-0.1, -0.05) is 57.6 Å². The number of benzene rings is 1. The molecule has 2 nitrogen and oxygen atoms in total. The number of rotatable bonds is 9. The summed E-state index contributed by atoms with van der Waals surface area (Å²) >= 11 is 0. The fraction of sp³-hybridized carbons (Fsp3) is 0.625. The van der Waals surface area contributed by atoms with Crippen LogP contribution < -0.4 is 0 Å². The standard InChI is InChI=1S/C16H26O2S/c1-3-4-5-6-7-8-9-13-19(17,18)16-12-10-11-15(2)14-16/h10-12,14H,3-9,13H2,1-2H3. The second kappa shape index (κ2) is 8.36. The third-order valence-electron chi connectivity index (χ3n) is 3.37. The highest BCUT2D eigenvalue weighted by Crippen LogP contribution is 2.15. The monoisotopic (exact) mass is 282 g/mol. The van der Waals surface area contributed by atoms with E-state index in [4.69, 9.17) is 0 Å². The van der Waals surface area contributed by atoms with Gasteiger partial charge >= 0.3 is 0 Å². The van der Waals surface area contributed by atoms with E-state index in [2.05, 4.69) is 6.92 Å². The number of aryl methyl sites for hydroxylation is 1. The molecule has 3 heteroatoms. The molecule has 0 heterocycles. The van der Waals surface area contributed by atoms with E-state index in [9.17, 15) is 8.42 Å². The molecule has 19 heavy (non-hydrogen) atoms. The minimum atomic E-state index is -3.08. The molecule has 108 valence electrons. The molecular weight excluding hydrogens is 256 g/mol. The Balaban J connectivity index is 2.32. The Bertz CT molecular complexity index is 463. The van der Waals surface area contributed by atoms with Gasteiger partial charge in [0.15, 0.2) is 9.84 Å². The maximum absolute atomic E-state index is 12.1. The van der Waals surface area contributed by atoms with Gasteiger partial charge in [-0.25, -0.2) is 8.42 Å². The van der Waals surface area contributed by atoms with Gasteiger partial charge in [0.05, 0.1) is 10.6 Å². The van der Waals surface area contributed by atoms with Gasteiger partial charge in [0, 0.05) is 0 Å². The van der Waals surface area contributed by atoms with Crippen molar-refractivity contribution in [2.24, 2.45) is 0 Å². The Morgan fingerprint density at radius 2 is 1.58 bits per heavy atom. The van der Waals surface area contributed by atoms with Gasteiger partial charge in [0.2, 0.25) is 0 Å². The number of unbranched alkanes of at least 4 members (excludes halogenated alkanes) is 6. The van der Waals surface area contributed by atoms with Crippen molar-refractivity contribution in [1.82, 2.24) is 0 Å². The van der Waals surface area contributed by atoms with Crippen LogP contribution in [0.5, 0.6) is 0 Å². The topological polar surface area (TPSA) is 34.1 Å². The number of hydrogen-bond acceptors (Lipinski definition) is 2. The summed E-state index contributed by atoms with van der Waals surface area (Å²) in [6.45, 7) is 4.13. The summed E-state index contributed by atoms with van der Waals surface area (Å²) in [6.07, 6.45) is 8.02. The highest BCUT2D eigenvalue weighted by molar-refractivity contribution is 7.91. The van der Waals surface area contributed by atoms with Crippen molar-refractivity contribution >= 4 is 9.84 Å². The van der Waals surface area contributed by atoms with Gasteiger partial charge in [0.1, 0.15) is 0 Å². The molecule has 0 aliphatic rings. The lowest BCUT2D eigenvalue weighted by Gasteiger charge is -2.05. The third-order valence-corrected chi connectivity index (χ3v) is 5.16. The van der Waals surface area contributed by atoms with Crippen molar-refractivity contribution < 1.29 is 8.42 Å². The average Bonchev–Trinajstić information content (AvgIpc) is 2.38. The summed E-state index contributed by atoms with van der Waals surface area (Å²) in [6, 6.07) is 7.19. The van der Waals surface area contributed by atoms with Gasteiger partial charge in [-0.15, -0.1) is 0 Å². The van der Waals surface area contributed by atoms with Crippen molar-refractivity contribution in [2.45, 2.75) is 63.7 Å². The van der Waals surface area contributed by atoms with E-state index in [-0.39, 0.29) is 5.75 Å². The van der Waals surface area contributed by atoms with Gasteiger partial charge < -0.3 is 0 Å². The van der Waals surface area contributed by atoms with Crippen molar-refractivity contribution in [3.05, 3.63) is 29.8 Å². The molecule has 0 atom stereocenters. The Labute approximate surface area is 118 Å². The predicted octanol–water partition coefficient (Wildman–Crippen LogP) is 4.52. The lowest BCUT2D eigenvalue weighted by atomic mass is 10.1. The Morgan fingerprint density at radius 1 is 0.947 bits per heavy atom. The molecule has 1 aromatic rings. The normalized spacial score (nSPS) is 11.7. The van der Waals surface area contributed by atoms with Crippen LogP contribution in [-0.2, 0) is 9.84 Å². The second-order valence-electron chi connectivity index (χ2n) is 5.26. The minimum Gasteiger partial charge on any atom is -0.224 e. The molecule has 0 unspecified atom stereocenters. The first-order chi connectivity index (χ1) is 9.06. The SMILES string of the molecule is CCCCCCCCCS(=O)(=O)c1cccc(C)c1. The van der Waals surface area contributed by atoms with Crippen LogP contribution in [-0.4, -0.2) is 14.2 Å². The van der Waals surface area contributed by atoms with Gasteiger partial charge in [0.25, 0.3) is 0 Å². The first-order valence-electron chi connectivity index (χ1n) is 7.35. The minimum absolute atomic E-state index is 0.282. The van der Waals surface area contributed by atoms with E-state index in [0.29, 0.717) is 4.90 Å². The molecule has 0 aliphatic heterocycles. The maximum Gasteiger partial charge on any atom is 0.178 e. The summed E-state index contributed by atoms with van der Waals surface area (Å²) in [5.41, 5.74) is 1.00. The zero-order valence-electron chi connectivity index (χ0n) is 12.2. The molecule has 0 aliphatic carbocycles. The summed E-state index contributed by atoms with van der Waals surface area (Å²) in [7, 11) is -3.08. The third kappa shape index (κ3) is 6.24. The fourth-order valence-corrected chi connectivity index (χ4v) is 3.65. The molecular formula is C16H26O2S. The maximum atomic E-state index is 12.1. The largest absolute Gasteiger partial charge is 0.224 e. The molecule has 0 aromatic heterocycles. The van der Waals surface area contributed by atoms with Crippen LogP contribution >= 0.6 is 0 Å². The van der Waals surface area contributed by atoms with Crippen LogP contribution in [0.1, 0.15) is 57.4 Å². The van der Waals surface area contributed by atoms with Crippen molar-refractivity contribution in [3.63, 3.8) is 0 Å². The molecule has 0 saturated heterocycles. The Hall–Kier alpha value is -0.830. The molecule has 0 radical (unpaired) electrons. The molecule has 0 N–H and O–H groups in total. The average molecular weight is 282 g/mol. The van der Waals surface area contributed by atoms with E-state index in [1.54, 1.807) is 12.1 Å². The molecule has 0 spiro atoms. The van der Waals surface area contributed by atoms with Crippen LogP contribution in [0.15, 0.2) is 29.2 Å². The molecule has 0 amide bonds. The van der Waals surface area contributed by atoms with E-state index >= 15 is 0 Å². The van der Waals surface area contributed by atoms with E-state index in [1.165, 1.54) is 25.7 Å². The highest BCUT2D eigenvalue weighted by atomic mass is 32.2. The van der Waals surface area contributed by atoms with Gasteiger partial charge in [-0.3, -0.25) is 0 Å². The molecule has 1 rings (SSSR count). The quantitative estimate of drug-likeness (QED) is 0.624. The summed E-state index contributed by atoms with van der Waals surface area (Å²) in [5.74, 6) is 0.282. The van der Waals surface area contributed by atoms with Crippen LogP contribution in [0.3, 0.4) is 0 Å². The Kier molecular flexibility index (Phi) is 7.14. The van der Waals surface area contributed by atoms with Crippen LogP contribution in [0.25, 0.3) is 0 Å². The van der Waals surface area contributed by atoms with Gasteiger partial charge in [-0.2, -0.15) is 0 Å². The number of hydrogen-bond donors (Lipinski definition) is 0. The highest BCUT2D eigenvalue weighted by Gasteiger charge is 2.13. The van der Waals surface area contributed by atoms with Crippen LogP contribution in [0.2, 0.25) is 0 Å². The molecule has 1 aromatic carbocycles. The second-order valence-corrected chi connectivity index (χ2v) is 7.37. The Morgan fingerprint density at radius 3 is 2.21 bits per heavy atom. The predicted molar refractivity (Wildman–Crippen MR) is 81.2 cm³/mol. The molecule has 0 saturated carbocycles. The molecule has 0 bridgehead atoms. The number of sulfone groups is 1. The van der Waals surface area contributed by atoms with E-state index < -0.39 is 9.84 Å². The van der Waals surface area contributed by atoms with Crippen LogP contribution in [0.4, 0.5) is 0 Å². The van der Waals surface area contributed by atoms with Crippen LogP contribution in [0, 0.1) is 6.92 Å². The van der Waals surface area contributed by atoms with E-state index in [1.807, 2.05) is 19.1 Å². The summed E-state index contributed by atoms with van der Waals surface area (Å²) in [5, 5.41) is 0. The fourth-order valence-electron chi connectivity index (χ4n) is 2.18. The van der Waals surface area contributed by atoms with Crippen molar-refractivity contribution in [2.75, 3.05) is 5.75 Å². The van der Waals surface area contributed by atoms with Gasteiger partial charge in [-0.05, 0) is 31.0 Å². The smallest absolute Gasteiger partial charge is 0.178 e. The lowest BCUT2D eigenvalue weighted by molar-refractivity contribution is 0.579. The lowest BCUT2D eigenvalue weighted by Crippen LogP contribution is -2.07. The summed E-state index contributed by atoms with van der Waals surface area (Å²) in [4.78, 5) is 0.471. The van der Waals surface area contributed by atoms with Crippen molar-refractivity contribution in [1.29, 1.82) is 0 Å². The first kappa shape index (κ1) is 16.2. The molecule has 0 fully saturated rings. The van der Waals surface area contributed by atoms with Crippen molar-refractivity contribution in [3.8, 4) is 0 Å². The zero-order chi connectivity index (χ0) is 14.1. The first-order valence-corrected chi connectivity index (χ1v) is 9.01. The van der Waals surface area contributed by atoms with E-state index in [0.717, 1.165) is 24.8 Å². The summed E-state index contributed by atoms with van der Waals surface area (Å²) < 4.78 is 24.2.